The van der Waals surface area contributed by atoms with Crippen LogP contribution in [0.1, 0.15) is 42.7 Å². The molecule has 1 aliphatic carbocycles. The summed E-state index contributed by atoms with van der Waals surface area (Å²) >= 11 is 1.49. The fraction of sp³-hybridized carbons (Fsp3) is 0.300. The van der Waals surface area contributed by atoms with E-state index in [0.29, 0.717) is 30.5 Å². The standard InChI is InChI=1S/C20H16F3NO2S/c21-20(22,23)13-3-1-4-14(9-13)24-16-5-2-6-17(25)19(16)15(10-18(24)26)12-7-8-27-11-12/h1,3-4,7-9,11,15H,2,5-6,10H2/t15-/m0/s1. The fourth-order valence-corrected chi connectivity index (χ4v) is 4.59. The van der Waals surface area contributed by atoms with Gasteiger partial charge in [-0.25, -0.2) is 0 Å². The molecule has 7 heteroatoms. The van der Waals surface area contributed by atoms with Gasteiger partial charge in [-0.1, -0.05) is 6.07 Å². The van der Waals surface area contributed by atoms with Crippen LogP contribution in [-0.2, 0) is 15.8 Å². The van der Waals surface area contributed by atoms with Crippen molar-refractivity contribution in [3.05, 3.63) is 63.5 Å². The fourth-order valence-electron chi connectivity index (χ4n) is 3.87. The number of halogens is 3. The molecule has 2 aromatic rings. The first-order chi connectivity index (χ1) is 12.9. The molecule has 3 nitrogen and oxygen atoms in total. The first-order valence-corrected chi connectivity index (χ1v) is 9.59. The van der Waals surface area contributed by atoms with Crippen LogP contribution < -0.4 is 4.90 Å². The summed E-state index contributed by atoms with van der Waals surface area (Å²) < 4.78 is 39.3. The third-order valence-electron chi connectivity index (χ3n) is 5.05. The van der Waals surface area contributed by atoms with Crippen LogP contribution in [-0.4, -0.2) is 11.7 Å². The third kappa shape index (κ3) is 3.20. The second-order valence-corrected chi connectivity index (χ2v) is 7.51. The Hall–Kier alpha value is -2.41. The molecular formula is C20H16F3NO2S. The summed E-state index contributed by atoms with van der Waals surface area (Å²) in [6.07, 6.45) is -2.91. The molecule has 0 spiro atoms. The van der Waals surface area contributed by atoms with E-state index in [9.17, 15) is 22.8 Å². The number of allylic oxidation sites excluding steroid dienone is 2. The summed E-state index contributed by atoms with van der Waals surface area (Å²) in [4.78, 5) is 26.9. The predicted octanol–water partition coefficient (Wildman–Crippen LogP) is 5.29. The van der Waals surface area contributed by atoms with Crippen molar-refractivity contribution in [3.63, 3.8) is 0 Å². The number of amides is 1. The highest BCUT2D eigenvalue weighted by Crippen LogP contribution is 2.44. The van der Waals surface area contributed by atoms with Gasteiger partial charge in [-0.15, -0.1) is 0 Å². The third-order valence-corrected chi connectivity index (χ3v) is 5.75. The number of thiophene rings is 1. The van der Waals surface area contributed by atoms with Gasteiger partial charge in [-0.2, -0.15) is 24.5 Å². The molecule has 0 saturated carbocycles. The zero-order chi connectivity index (χ0) is 19.2. The molecule has 1 aliphatic heterocycles. The zero-order valence-corrected chi connectivity index (χ0v) is 15.1. The number of ketones is 1. The summed E-state index contributed by atoms with van der Waals surface area (Å²) in [5.74, 6) is -0.607. The molecule has 2 heterocycles. The molecule has 1 amide bonds. The minimum atomic E-state index is -4.49. The van der Waals surface area contributed by atoms with Crippen LogP contribution in [0.4, 0.5) is 18.9 Å². The molecular weight excluding hydrogens is 375 g/mol. The molecule has 2 aliphatic rings. The van der Waals surface area contributed by atoms with E-state index in [4.69, 9.17) is 0 Å². The minimum Gasteiger partial charge on any atom is -0.294 e. The van der Waals surface area contributed by atoms with Gasteiger partial charge >= 0.3 is 6.18 Å². The van der Waals surface area contributed by atoms with Gasteiger partial charge in [0.25, 0.3) is 0 Å². The zero-order valence-electron chi connectivity index (χ0n) is 14.3. The number of benzene rings is 1. The Kier molecular flexibility index (Phi) is 4.42. The Labute approximate surface area is 158 Å². The largest absolute Gasteiger partial charge is 0.416 e. The first-order valence-electron chi connectivity index (χ1n) is 8.65. The Morgan fingerprint density at radius 2 is 1.93 bits per heavy atom. The van der Waals surface area contributed by atoms with E-state index < -0.39 is 11.7 Å². The van der Waals surface area contributed by atoms with Crippen molar-refractivity contribution in [2.75, 3.05) is 4.90 Å². The van der Waals surface area contributed by atoms with Crippen molar-refractivity contribution < 1.29 is 22.8 Å². The van der Waals surface area contributed by atoms with Gasteiger partial charge in [0.05, 0.1) is 5.56 Å². The van der Waals surface area contributed by atoms with Crippen LogP contribution in [0.25, 0.3) is 0 Å². The first kappa shape index (κ1) is 18.0. The smallest absolute Gasteiger partial charge is 0.294 e. The van der Waals surface area contributed by atoms with Gasteiger partial charge < -0.3 is 0 Å². The lowest BCUT2D eigenvalue weighted by atomic mass is 9.78. The van der Waals surface area contributed by atoms with E-state index in [1.807, 2.05) is 16.8 Å². The van der Waals surface area contributed by atoms with Gasteiger partial charge in [0, 0.05) is 35.7 Å². The molecule has 0 radical (unpaired) electrons. The minimum absolute atomic E-state index is 0.0167. The molecule has 1 atom stereocenters. The molecule has 1 aromatic heterocycles. The quantitative estimate of drug-likeness (QED) is 0.697. The lowest BCUT2D eigenvalue weighted by Crippen LogP contribution is -2.40. The average Bonchev–Trinajstić information content (AvgIpc) is 3.15. The van der Waals surface area contributed by atoms with Gasteiger partial charge in [0.2, 0.25) is 5.91 Å². The number of alkyl halides is 3. The molecule has 140 valence electrons. The van der Waals surface area contributed by atoms with Crippen molar-refractivity contribution >= 4 is 28.7 Å². The lowest BCUT2D eigenvalue weighted by Gasteiger charge is -2.38. The molecule has 1 aromatic carbocycles. The summed E-state index contributed by atoms with van der Waals surface area (Å²) in [7, 11) is 0. The van der Waals surface area contributed by atoms with Crippen LogP contribution in [0.15, 0.2) is 52.4 Å². The summed E-state index contributed by atoms with van der Waals surface area (Å²) in [5.41, 5.74) is 1.41. The highest BCUT2D eigenvalue weighted by molar-refractivity contribution is 7.08. The number of anilines is 1. The Morgan fingerprint density at radius 3 is 2.63 bits per heavy atom. The van der Waals surface area contributed by atoms with Crippen LogP contribution in [0.3, 0.4) is 0 Å². The molecule has 0 fully saturated rings. The number of hydrogen-bond acceptors (Lipinski definition) is 3. The average molecular weight is 391 g/mol. The molecule has 4 rings (SSSR count). The number of carbonyl (C=O) groups excluding carboxylic acids is 2. The highest BCUT2D eigenvalue weighted by atomic mass is 32.1. The Morgan fingerprint density at radius 1 is 1.11 bits per heavy atom. The normalized spacial score (nSPS) is 20.9. The van der Waals surface area contributed by atoms with Gasteiger partial charge in [0.15, 0.2) is 5.78 Å². The second-order valence-electron chi connectivity index (χ2n) is 6.73. The maximum Gasteiger partial charge on any atom is 0.416 e. The van der Waals surface area contributed by atoms with Gasteiger partial charge in [0.1, 0.15) is 0 Å². The van der Waals surface area contributed by atoms with Crippen molar-refractivity contribution in [1.82, 2.24) is 0 Å². The monoisotopic (exact) mass is 391 g/mol. The summed E-state index contributed by atoms with van der Waals surface area (Å²) in [6, 6.07) is 6.64. The SMILES string of the molecule is O=C1CCCC2=C1[C@H](c1ccsc1)CC(=O)N2c1cccc(C(F)(F)F)c1. The number of carbonyl (C=O) groups is 2. The van der Waals surface area contributed by atoms with Crippen molar-refractivity contribution in [2.24, 2.45) is 0 Å². The van der Waals surface area contributed by atoms with Gasteiger partial charge in [-0.3, -0.25) is 14.5 Å². The van der Waals surface area contributed by atoms with E-state index in [1.54, 1.807) is 0 Å². The van der Waals surface area contributed by atoms with Crippen molar-refractivity contribution in [3.8, 4) is 0 Å². The van der Waals surface area contributed by atoms with Crippen LogP contribution >= 0.6 is 11.3 Å². The number of rotatable bonds is 2. The van der Waals surface area contributed by atoms with E-state index in [0.717, 1.165) is 17.7 Å². The van der Waals surface area contributed by atoms with E-state index >= 15 is 0 Å². The number of Topliss-reactive ketones (excluding diaryl/α,β-unsaturated/α-hetero) is 1. The lowest BCUT2D eigenvalue weighted by molar-refractivity contribution is -0.137. The molecule has 0 N–H and O–H groups in total. The second kappa shape index (κ2) is 6.64. The Balaban J connectivity index is 1.84. The van der Waals surface area contributed by atoms with Crippen LogP contribution in [0.2, 0.25) is 0 Å². The van der Waals surface area contributed by atoms with Gasteiger partial charge in [-0.05, 0) is 53.4 Å². The maximum atomic E-state index is 13.1. The summed E-state index contributed by atoms with van der Waals surface area (Å²) in [6.45, 7) is 0. The number of hydrogen-bond donors (Lipinski definition) is 0. The van der Waals surface area contributed by atoms with E-state index in [1.165, 1.54) is 28.4 Å². The maximum absolute atomic E-state index is 13.1. The van der Waals surface area contributed by atoms with E-state index in [2.05, 4.69) is 0 Å². The number of nitrogens with zero attached hydrogens (tertiary/aromatic N) is 1. The molecule has 0 saturated heterocycles. The molecule has 27 heavy (non-hydrogen) atoms. The van der Waals surface area contributed by atoms with E-state index in [-0.39, 0.29) is 29.7 Å². The van der Waals surface area contributed by atoms with Crippen molar-refractivity contribution in [1.29, 1.82) is 0 Å². The topological polar surface area (TPSA) is 37.4 Å². The molecule has 0 unspecified atom stereocenters. The highest BCUT2D eigenvalue weighted by Gasteiger charge is 2.40. The summed E-state index contributed by atoms with van der Waals surface area (Å²) in [5, 5.41) is 3.82. The van der Waals surface area contributed by atoms with Crippen LogP contribution in [0.5, 0.6) is 0 Å². The van der Waals surface area contributed by atoms with Crippen LogP contribution in [0, 0.1) is 0 Å². The Bertz CT molecular complexity index is 931. The molecule has 0 bridgehead atoms. The predicted molar refractivity (Wildman–Crippen MR) is 96.5 cm³/mol. The van der Waals surface area contributed by atoms with Crippen molar-refractivity contribution in [2.45, 2.75) is 37.8 Å².